The van der Waals surface area contributed by atoms with E-state index >= 15 is 0 Å². The molecular formula is C18H19BrN2O3. The van der Waals surface area contributed by atoms with E-state index in [1.54, 1.807) is 13.0 Å². The molecule has 0 spiro atoms. The van der Waals surface area contributed by atoms with Crippen LogP contribution >= 0.6 is 15.9 Å². The first-order chi connectivity index (χ1) is 11.4. The van der Waals surface area contributed by atoms with Crippen molar-refractivity contribution in [2.24, 2.45) is 11.8 Å². The molecule has 3 rings (SSSR count). The van der Waals surface area contributed by atoms with Gasteiger partial charge in [0.1, 0.15) is 6.04 Å². The number of aryl methyl sites for hydroxylation is 1. The third kappa shape index (κ3) is 2.90. The summed E-state index contributed by atoms with van der Waals surface area (Å²) in [5.74, 6) is -1.45. The maximum Gasteiger partial charge on any atom is 0.247 e. The van der Waals surface area contributed by atoms with Gasteiger partial charge in [-0.2, -0.15) is 0 Å². The van der Waals surface area contributed by atoms with Gasteiger partial charge in [-0.1, -0.05) is 28.1 Å². The molecule has 3 amide bonds. The molecule has 126 valence electrons. The number of nitrogens with one attached hydrogen (secondary N) is 1. The van der Waals surface area contributed by atoms with Gasteiger partial charge in [0.05, 0.1) is 11.8 Å². The molecule has 0 saturated carbocycles. The van der Waals surface area contributed by atoms with E-state index in [1.807, 2.05) is 31.2 Å². The van der Waals surface area contributed by atoms with E-state index in [-0.39, 0.29) is 29.6 Å². The second-order valence-corrected chi connectivity index (χ2v) is 7.19. The van der Waals surface area contributed by atoms with Crippen LogP contribution in [0.25, 0.3) is 0 Å². The summed E-state index contributed by atoms with van der Waals surface area (Å²) in [5, 5.41) is 2.79. The van der Waals surface area contributed by atoms with Crippen molar-refractivity contribution >= 4 is 39.3 Å². The molecular weight excluding hydrogens is 372 g/mol. The number of nitrogens with zero attached hydrogens (tertiary/aromatic N) is 1. The lowest BCUT2D eigenvalue weighted by Gasteiger charge is -2.22. The number of carbonyl (C=O) groups excluding carboxylic acids is 3. The van der Waals surface area contributed by atoms with Crippen LogP contribution in [0.2, 0.25) is 0 Å². The number of anilines is 1. The molecule has 1 saturated heterocycles. The molecule has 1 fully saturated rings. The zero-order valence-corrected chi connectivity index (χ0v) is 15.2. The van der Waals surface area contributed by atoms with Crippen molar-refractivity contribution < 1.29 is 14.4 Å². The van der Waals surface area contributed by atoms with Crippen LogP contribution in [0.4, 0.5) is 5.69 Å². The third-order valence-electron chi connectivity index (χ3n) is 4.73. The molecule has 0 aromatic heterocycles. The van der Waals surface area contributed by atoms with E-state index in [4.69, 9.17) is 0 Å². The summed E-state index contributed by atoms with van der Waals surface area (Å²) in [4.78, 5) is 38.7. The topological polar surface area (TPSA) is 66.5 Å². The Morgan fingerprint density at radius 2 is 1.79 bits per heavy atom. The quantitative estimate of drug-likeness (QED) is 0.636. The van der Waals surface area contributed by atoms with Gasteiger partial charge in [-0.05, 0) is 50.5 Å². The smallest absolute Gasteiger partial charge is 0.247 e. The fourth-order valence-corrected chi connectivity index (χ4v) is 3.54. The lowest BCUT2D eigenvalue weighted by Crippen LogP contribution is -2.46. The van der Waals surface area contributed by atoms with Gasteiger partial charge in [0.25, 0.3) is 0 Å². The molecule has 1 aromatic carbocycles. The van der Waals surface area contributed by atoms with E-state index < -0.39 is 6.04 Å². The van der Waals surface area contributed by atoms with Crippen molar-refractivity contribution in [2.75, 3.05) is 5.32 Å². The van der Waals surface area contributed by atoms with Crippen LogP contribution in [-0.2, 0) is 14.4 Å². The minimum Gasteiger partial charge on any atom is -0.324 e. The Morgan fingerprint density at radius 3 is 2.33 bits per heavy atom. The number of likely N-dealkylation sites (tertiary alicyclic amines) is 1. The second kappa shape index (κ2) is 6.51. The molecule has 1 N–H and O–H groups in total. The molecule has 6 heteroatoms. The maximum atomic E-state index is 12.5. The minimum atomic E-state index is -0.820. The Kier molecular flexibility index (Phi) is 4.58. The van der Waals surface area contributed by atoms with Gasteiger partial charge in [0.2, 0.25) is 17.7 Å². The molecule has 1 aliphatic heterocycles. The normalized spacial score (nSPS) is 24.0. The summed E-state index contributed by atoms with van der Waals surface area (Å²) >= 11 is 3.41. The molecule has 1 aliphatic carbocycles. The number of halogens is 1. The summed E-state index contributed by atoms with van der Waals surface area (Å²) < 4.78 is 0.954. The Bertz CT molecular complexity index is 718. The summed E-state index contributed by atoms with van der Waals surface area (Å²) in [5.41, 5.74) is 1.64. The van der Waals surface area contributed by atoms with Gasteiger partial charge in [-0.15, -0.1) is 0 Å². The lowest BCUT2D eigenvalue weighted by atomic mass is 9.85. The van der Waals surface area contributed by atoms with Crippen LogP contribution in [0, 0.1) is 18.8 Å². The zero-order valence-electron chi connectivity index (χ0n) is 13.6. The van der Waals surface area contributed by atoms with Gasteiger partial charge >= 0.3 is 0 Å². The second-order valence-electron chi connectivity index (χ2n) is 6.33. The molecule has 0 unspecified atom stereocenters. The standard InChI is InChI=1S/C18H19BrN2O3/c1-10-9-12(7-8-15(10)19)20-16(22)11(2)21-17(23)13-5-3-4-6-14(13)18(21)24/h3-4,7-9,11,13-14H,5-6H2,1-2H3,(H,20,22)/t11-,13+,14+/m0/s1. The zero-order chi connectivity index (χ0) is 17.4. The Morgan fingerprint density at radius 1 is 1.21 bits per heavy atom. The summed E-state index contributed by atoms with van der Waals surface area (Å²) in [6, 6.07) is 4.65. The highest BCUT2D eigenvalue weighted by Gasteiger charge is 2.50. The van der Waals surface area contributed by atoms with Crippen LogP contribution in [0.5, 0.6) is 0 Å². The molecule has 3 atom stereocenters. The average molecular weight is 391 g/mol. The van der Waals surface area contributed by atoms with E-state index in [0.29, 0.717) is 18.5 Å². The van der Waals surface area contributed by atoms with Crippen LogP contribution in [0.1, 0.15) is 25.3 Å². The van der Waals surface area contributed by atoms with Crippen LogP contribution in [-0.4, -0.2) is 28.7 Å². The van der Waals surface area contributed by atoms with Crippen molar-refractivity contribution in [3.8, 4) is 0 Å². The number of allylic oxidation sites excluding steroid dienone is 2. The number of hydrogen-bond donors (Lipinski definition) is 1. The van der Waals surface area contributed by atoms with Gasteiger partial charge in [0.15, 0.2) is 0 Å². The fraction of sp³-hybridized carbons (Fsp3) is 0.389. The maximum absolute atomic E-state index is 12.5. The number of carbonyl (C=O) groups is 3. The predicted molar refractivity (Wildman–Crippen MR) is 94.2 cm³/mol. The Labute approximate surface area is 149 Å². The largest absolute Gasteiger partial charge is 0.324 e. The molecule has 0 bridgehead atoms. The average Bonchev–Trinajstić information content (AvgIpc) is 2.82. The molecule has 2 aliphatic rings. The minimum absolute atomic E-state index is 0.232. The van der Waals surface area contributed by atoms with Gasteiger partial charge in [-0.25, -0.2) is 0 Å². The van der Waals surface area contributed by atoms with Gasteiger partial charge < -0.3 is 5.32 Å². The first kappa shape index (κ1) is 16.9. The first-order valence-electron chi connectivity index (χ1n) is 7.99. The van der Waals surface area contributed by atoms with Crippen molar-refractivity contribution in [3.05, 3.63) is 40.4 Å². The van der Waals surface area contributed by atoms with Crippen LogP contribution < -0.4 is 5.32 Å². The monoisotopic (exact) mass is 390 g/mol. The van der Waals surface area contributed by atoms with Gasteiger partial charge in [-0.3, -0.25) is 19.3 Å². The highest BCUT2D eigenvalue weighted by molar-refractivity contribution is 9.10. The predicted octanol–water partition coefficient (Wildman–Crippen LogP) is 3.04. The van der Waals surface area contributed by atoms with E-state index in [0.717, 1.165) is 14.9 Å². The SMILES string of the molecule is Cc1cc(NC(=O)[C@H](C)N2C(=O)[C@@H]3CC=CC[C@H]3C2=O)ccc1Br. The summed E-state index contributed by atoms with van der Waals surface area (Å²) in [7, 11) is 0. The summed E-state index contributed by atoms with van der Waals surface area (Å²) in [6.45, 7) is 3.52. The summed E-state index contributed by atoms with van der Waals surface area (Å²) in [6.07, 6.45) is 5.02. The van der Waals surface area contributed by atoms with Crippen molar-refractivity contribution in [3.63, 3.8) is 0 Å². The molecule has 24 heavy (non-hydrogen) atoms. The number of imide groups is 1. The first-order valence-corrected chi connectivity index (χ1v) is 8.78. The molecule has 0 radical (unpaired) electrons. The Balaban J connectivity index is 1.74. The van der Waals surface area contributed by atoms with Crippen LogP contribution in [0.15, 0.2) is 34.8 Å². The number of fused-ring (bicyclic) bond motifs is 1. The van der Waals surface area contributed by atoms with E-state index in [1.165, 1.54) is 0 Å². The molecule has 1 heterocycles. The molecule has 5 nitrogen and oxygen atoms in total. The van der Waals surface area contributed by atoms with Crippen molar-refractivity contribution in [1.29, 1.82) is 0 Å². The fourth-order valence-electron chi connectivity index (χ4n) is 3.29. The number of hydrogen-bond acceptors (Lipinski definition) is 3. The third-order valence-corrected chi connectivity index (χ3v) is 5.62. The molecule has 1 aromatic rings. The van der Waals surface area contributed by atoms with Crippen LogP contribution in [0.3, 0.4) is 0 Å². The van der Waals surface area contributed by atoms with Crippen molar-refractivity contribution in [1.82, 2.24) is 4.90 Å². The number of amides is 3. The highest BCUT2D eigenvalue weighted by Crippen LogP contribution is 2.36. The van der Waals surface area contributed by atoms with Gasteiger partial charge in [0, 0.05) is 10.2 Å². The number of benzene rings is 1. The lowest BCUT2D eigenvalue weighted by molar-refractivity contribution is -0.146. The van der Waals surface area contributed by atoms with Crippen molar-refractivity contribution in [2.45, 2.75) is 32.7 Å². The number of rotatable bonds is 3. The van der Waals surface area contributed by atoms with E-state index in [2.05, 4.69) is 21.2 Å². The highest BCUT2D eigenvalue weighted by atomic mass is 79.9. The Hall–Kier alpha value is -1.95. The van der Waals surface area contributed by atoms with E-state index in [9.17, 15) is 14.4 Å².